The summed E-state index contributed by atoms with van der Waals surface area (Å²) in [7, 11) is 0. The van der Waals surface area contributed by atoms with Gasteiger partial charge in [0.2, 0.25) is 0 Å². The van der Waals surface area contributed by atoms with E-state index in [2.05, 4.69) is 65.0 Å². The van der Waals surface area contributed by atoms with Crippen molar-refractivity contribution < 1.29 is 19.1 Å². The Kier molecular flexibility index (Phi) is 17.5. The summed E-state index contributed by atoms with van der Waals surface area (Å²) < 4.78 is 11.5. The van der Waals surface area contributed by atoms with Crippen LogP contribution in [0.15, 0.2) is 85.5 Å². The van der Waals surface area contributed by atoms with E-state index in [9.17, 15) is 9.59 Å². The summed E-state index contributed by atoms with van der Waals surface area (Å²) in [6.45, 7) is 18.3. The van der Waals surface area contributed by atoms with Gasteiger partial charge in [-0.15, -0.1) is 0 Å². The van der Waals surface area contributed by atoms with Crippen molar-refractivity contribution in [2.75, 3.05) is 32.7 Å². The molecule has 1 aliphatic rings. The molecule has 2 aromatic heterocycles. The molecule has 1 aliphatic heterocycles. The molecule has 0 spiro atoms. The Morgan fingerprint density at radius 1 is 0.764 bits per heavy atom. The molecule has 5 rings (SSSR count). The van der Waals surface area contributed by atoms with Gasteiger partial charge >= 0.3 is 0 Å². The molecule has 0 aliphatic carbocycles. The number of aromatic nitrogens is 2. The minimum atomic E-state index is -0.559. The molecule has 296 valence electrons. The zero-order valence-corrected chi connectivity index (χ0v) is 33.2. The highest BCUT2D eigenvalue weighted by Crippen LogP contribution is 2.26. The number of nitrogens with zero attached hydrogens (tertiary/aromatic N) is 4. The summed E-state index contributed by atoms with van der Waals surface area (Å²) in [6.07, 6.45) is 11.2. The summed E-state index contributed by atoms with van der Waals surface area (Å²) in [6, 6.07) is 20.7. The second-order valence-corrected chi connectivity index (χ2v) is 14.5. The highest BCUT2D eigenvalue weighted by molar-refractivity contribution is 5.95. The number of nitrogens with two attached hydrogens (primary N) is 2. The average Bonchev–Trinajstić information content (AvgIpc) is 3.17. The molecule has 3 heterocycles. The minimum Gasteiger partial charge on any atom is -0.456 e. The van der Waals surface area contributed by atoms with Crippen LogP contribution in [0.25, 0.3) is 0 Å². The standard InChI is InChI=1S/C22H30N4O2.C21H30N4O2/c1-17-5-2-3-13-26(17)14-4-11-24-15-18-6-8-19(9-7-18)28-21-10-12-25-16-20(21)22(23)27;1-15(2)25(16(3)4)12-11-24-13-17-5-7-18(8-6-17)27-20-9-10-23-14-19(20)21(22)26/h6-10,12,16-17,24H,2-5,11,13-15H2,1H3,(H2,23,27);5-10,14-16,24H,11-13H2,1-4H3,(H2,22,26). The van der Waals surface area contributed by atoms with Gasteiger partial charge in [-0.25, -0.2) is 0 Å². The van der Waals surface area contributed by atoms with E-state index in [1.54, 1.807) is 24.5 Å². The number of nitrogens with one attached hydrogen (secondary N) is 2. The van der Waals surface area contributed by atoms with E-state index in [-0.39, 0.29) is 11.1 Å². The Hall–Kier alpha value is -4.88. The van der Waals surface area contributed by atoms with Gasteiger partial charge < -0.3 is 36.5 Å². The lowest BCUT2D eigenvalue weighted by atomic mass is 10.0. The fourth-order valence-corrected chi connectivity index (χ4v) is 6.60. The third-order valence-electron chi connectivity index (χ3n) is 9.67. The van der Waals surface area contributed by atoms with Gasteiger partial charge in [0.05, 0.1) is 0 Å². The Balaban J connectivity index is 0.000000245. The molecule has 4 aromatic rings. The molecule has 12 heteroatoms. The zero-order chi connectivity index (χ0) is 39.6. The van der Waals surface area contributed by atoms with Gasteiger partial charge in [-0.05, 0) is 121 Å². The second-order valence-electron chi connectivity index (χ2n) is 14.5. The first-order valence-electron chi connectivity index (χ1n) is 19.4. The fourth-order valence-electron chi connectivity index (χ4n) is 6.60. The number of carbonyl (C=O) groups is 2. The quantitative estimate of drug-likeness (QED) is 0.0778. The zero-order valence-electron chi connectivity index (χ0n) is 33.2. The number of rotatable bonds is 19. The van der Waals surface area contributed by atoms with Gasteiger partial charge in [-0.2, -0.15) is 0 Å². The van der Waals surface area contributed by atoms with Crippen molar-refractivity contribution in [3.05, 3.63) is 108 Å². The largest absolute Gasteiger partial charge is 0.456 e. The molecule has 55 heavy (non-hydrogen) atoms. The van der Waals surface area contributed by atoms with Crippen LogP contribution in [0.3, 0.4) is 0 Å². The van der Waals surface area contributed by atoms with E-state index in [0.29, 0.717) is 35.1 Å². The molecule has 6 N–H and O–H groups in total. The summed E-state index contributed by atoms with van der Waals surface area (Å²) in [5.41, 5.74) is 13.6. The Labute approximate surface area is 327 Å². The maximum atomic E-state index is 11.4. The summed E-state index contributed by atoms with van der Waals surface area (Å²) in [4.78, 5) is 35.8. The van der Waals surface area contributed by atoms with Gasteiger partial charge in [0.1, 0.15) is 34.1 Å². The van der Waals surface area contributed by atoms with Crippen molar-refractivity contribution in [1.29, 1.82) is 0 Å². The van der Waals surface area contributed by atoms with E-state index in [1.165, 1.54) is 62.3 Å². The third kappa shape index (κ3) is 14.4. The summed E-state index contributed by atoms with van der Waals surface area (Å²) in [5, 5.41) is 7.00. The predicted octanol–water partition coefficient (Wildman–Crippen LogP) is 6.51. The number of primary amides is 2. The van der Waals surface area contributed by atoms with E-state index in [1.807, 2.05) is 48.5 Å². The SMILES string of the molecule is CC(C)N(CCNCc1ccc(Oc2ccncc2C(N)=O)cc1)C(C)C.CC1CCCCN1CCCNCc1ccc(Oc2ccncc2C(N)=O)cc1. The van der Waals surface area contributed by atoms with E-state index < -0.39 is 11.8 Å². The first-order valence-corrected chi connectivity index (χ1v) is 19.4. The monoisotopic (exact) mass is 752 g/mol. The van der Waals surface area contributed by atoms with Gasteiger partial charge in [0.15, 0.2) is 0 Å². The van der Waals surface area contributed by atoms with Crippen molar-refractivity contribution in [1.82, 2.24) is 30.4 Å². The molecule has 0 radical (unpaired) electrons. The molecule has 1 unspecified atom stereocenters. The fraction of sp³-hybridized carbons (Fsp3) is 0.442. The number of hydrogen-bond donors (Lipinski definition) is 4. The van der Waals surface area contributed by atoms with Crippen molar-refractivity contribution in [3.8, 4) is 23.0 Å². The average molecular weight is 753 g/mol. The van der Waals surface area contributed by atoms with Crippen LogP contribution in [-0.2, 0) is 13.1 Å². The maximum absolute atomic E-state index is 11.4. The van der Waals surface area contributed by atoms with Crippen LogP contribution in [0.2, 0.25) is 0 Å². The predicted molar refractivity (Wildman–Crippen MR) is 218 cm³/mol. The Bertz CT molecular complexity index is 1740. The third-order valence-corrected chi connectivity index (χ3v) is 9.67. The van der Waals surface area contributed by atoms with Crippen molar-refractivity contribution >= 4 is 11.8 Å². The number of carbonyl (C=O) groups excluding carboxylic acids is 2. The molecule has 12 nitrogen and oxygen atoms in total. The van der Waals surface area contributed by atoms with Gasteiger partial charge in [-0.1, -0.05) is 30.7 Å². The van der Waals surface area contributed by atoms with Gasteiger partial charge in [0.25, 0.3) is 11.8 Å². The van der Waals surface area contributed by atoms with Crippen LogP contribution in [0.5, 0.6) is 23.0 Å². The Morgan fingerprint density at radius 2 is 1.25 bits per heavy atom. The van der Waals surface area contributed by atoms with Gasteiger partial charge in [-0.3, -0.25) is 24.5 Å². The Morgan fingerprint density at radius 3 is 1.71 bits per heavy atom. The van der Waals surface area contributed by atoms with E-state index >= 15 is 0 Å². The normalized spacial score (nSPS) is 14.4. The number of piperidine rings is 1. The minimum absolute atomic E-state index is 0.267. The van der Waals surface area contributed by atoms with Crippen molar-refractivity contribution in [2.45, 2.75) is 91.5 Å². The molecule has 1 atom stereocenters. The summed E-state index contributed by atoms with van der Waals surface area (Å²) >= 11 is 0. The van der Waals surface area contributed by atoms with E-state index in [4.69, 9.17) is 20.9 Å². The number of amides is 2. The number of pyridine rings is 2. The highest BCUT2D eigenvalue weighted by atomic mass is 16.5. The summed E-state index contributed by atoms with van der Waals surface area (Å²) in [5.74, 6) is 1.03. The lowest BCUT2D eigenvalue weighted by Crippen LogP contribution is -2.41. The smallest absolute Gasteiger partial charge is 0.254 e. The number of ether oxygens (including phenoxy) is 2. The van der Waals surface area contributed by atoms with Crippen LogP contribution >= 0.6 is 0 Å². The maximum Gasteiger partial charge on any atom is 0.254 e. The molecule has 0 saturated carbocycles. The number of benzene rings is 2. The van der Waals surface area contributed by atoms with Crippen LogP contribution in [0, 0.1) is 0 Å². The topological polar surface area (TPSA) is 161 Å². The molecule has 1 fully saturated rings. The molecule has 2 amide bonds. The van der Waals surface area contributed by atoms with Crippen LogP contribution in [-0.4, -0.2) is 82.4 Å². The van der Waals surface area contributed by atoms with Crippen LogP contribution in [0.4, 0.5) is 0 Å². The van der Waals surface area contributed by atoms with Crippen molar-refractivity contribution in [3.63, 3.8) is 0 Å². The molecule has 0 bridgehead atoms. The lowest BCUT2D eigenvalue weighted by molar-refractivity contribution is 0.0989. The van der Waals surface area contributed by atoms with E-state index in [0.717, 1.165) is 38.8 Å². The first kappa shape index (κ1) is 42.9. The number of likely N-dealkylation sites (tertiary alicyclic amines) is 1. The lowest BCUT2D eigenvalue weighted by Gasteiger charge is -2.33. The van der Waals surface area contributed by atoms with Gasteiger partial charge in [0, 0.05) is 69.1 Å². The molecular weight excluding hydrogens is 693 g/mol. The first-order chi connectivity index (χ1) is 26.5. The number of hydrogen-bond acceptors (Lipinski definition) is 10. The van der Waals surface area contributed by atoms with Crippen LogP contribution < -0.4 is 31.6 Å². The van der Waals surface area contributed by atoms with Crippen LogP contribution in [0.1, 0.15) is 92.1 Å². The molecular formula is C43H60N8O4. The molecule has 2 aromatic carbocycles. The molecule has 1 saturated heterocycles. The second kappa shape index (κ2) is 22.5. The van der Waals surface area contributed by atoms with Crippen molar-refractivity contribution in [2.24, 2.45) is 11.5 Å². The highest BCUT2D eigenvalue weighted by Gasteiger charge is 2.17.